The lowest BCUT2D eigenvalue weighted by molar-refractivity contribution is 0.181. The SMILES string of the molecule is CC(C)C(CNC1C(C)CCCC1C)C(C)C. The van der Waals surface area contributed by atoms with Gasteiger partial charge in [-0.05, 0) is 49.0 Å². The summed E-state index contributed by atoms with van der Waals surface area (Å²) < 4.78 is 0. The first kappa shape index (κ1) is 15.0. The molecule has 0 aliphatic heterocycles. The van der Waals surface area contributed by atoms with Crippen molar-refractivity contribution in [1.82, 2.24) is 5.32 Å². The van der Waals surface area contributed by atoms with Crippen molar-refractivity contribution in [3.05, 3.63) is 0 Å². The maximum atomic E-state index is 3.88. The molecule has 0 bridgehead atoms. The van der Waals surface area contributed by atoms with Crippen LogP contribution in [0.3, 0.4) is 0 Å². The van der Waals surface area contributed by atoms with E-state index in [-0.39, 0.29) is 0 Å². The second kappa shape index (κ2) is 6.78. The van der Waals surface area contributed by atoms with Crippen molar-refractivity contribution in [3.8, 4) is 0 Å². The highest BCUT2D eigenvalue weighted by atomic mass is 14.9. The van der Waals surface area contributed by atoms with Gasteiger partial charge in [-0.25, -0.2) is 0 Å². The first-order valence-corrected chi connectivity index (χ1v) is 7.66. The van der Waals surface area contributed by atoms with Gasteiger partial charge >= 0.3 is 0 Å². The molecular weight excluding hydrogens is 206 g/mol. The average molecular weight is 239 g/mol. The highest BCUT2D eigenvalue weighted by molar-refractivity contribution is 4.84. The molecule has 1 saturated carbocycles. The Morgan fingerprint density at radius 1 is 0.941 bits per heavy atom. The molecule has 2 atom stereocenters. The lowest BCUT2D eigenvalue weighted by Gasteiger charge is -2.37. The molecule has 0 aromatic carbocycles. The summed E-state index contributed by atoms with van der Waals surface area (Å²) in [6.07, 6.45) is 4.25. The van der Waals surface area contributed by atoms with Crippen molar-refractivity contribution in [2.75, 3.05) is 6.54 Å². The van der Waals surface area contributed by atoms with Crippen LogP contribution in [0.4, 0.5) is 0 Å². The number of nitrogens with one attached hydrogen (secondary N) is 1. The van der Waals surface area contributed by atoms with E-state index in [9.17, 15) is 0 Å². The predicted molar refractivity (Wildman–Crippen MR) is 77.1 cm³/mol. The van der Waals surface area contributed by atoms with Gasteiger partial charge in [0.1, 0.15) is 0 Å². The summed E-state index contributed by atoms with van der Waals surface area (Å²) in [6.45, 7) is 15.5. The van der Waals surface area contributed by atoms with Crippen LogP contribution in [0.1, 0.15) is 60.8 Å². The molecule has 0 heterocycles. The van der Waals surface area contributed by atoms with Crippen LogP contribution in [0.15, 0.2) is 0 Å². The quantitative estimate of drug-likeness (QED) is 0.753. The molecule has 0 aromatic rings. The van der Waals surface area contributed by atoms with Crippen molar-refractivity contribution in [2.45, 2.75) is 66.8 Å². The van der Waals surface area contributed by atoms with Gasteiger partial charge < -0.3 is 5.32 Å². The molecular formula is C16H33N. The average Bonchev–Trinajstić information content (AvgIpc) is 2.21. The van der Waals surface area contributed by atoms with Crippen molar-refractivity contribution >= 4 is 0 Å². The van der Waals surface area contributed by atoms with Crippen LogP contribution in [-0.4, -0.2) is 12.6 Å². The molecule has 17 heavy (non-hydrogen) atoms. The lowest BCUT2D eigenvalue weighted by Crippen LogP contribution is -2.45. The predicted octanol–water partition coefficient (Wildman–Crippen LogP) is 4.33. The third-order valence-electron chi connectivity index (χ3n) is 4.85. The van der Waals surface area contributed by atoms with Gasteiger partial charge in [0.25, 0.3) is 0 Å². The van der Waals surface area contributed by atoms with Crippen LogP contribution in [0.2, 0.25) is 0 Å². The Bertz CT molecular complexity index is 192. The van der Waals surface area contributed by atoms with Gasteiger partial charge in [0.2, 0.25) is 0 Å². The smallest absolute Gasteiger partial charge is 0.0118 e. The maximum absolute atomic E-state index is 3.88. The minimum absolute atomic E-state index is 0.753. The van der Waals surface area contributed by atoms with E-state index >= 15 is 0 Å². The van der Waals surface area contributed by atoms with Crippen LogP contribution < -0.4 is 5.32 Å². The van der Waals surface area contributed by atoms with E-state index < -0.39 is 0 Å². The van der Waals surface area contributed by atoms with Gasteiger partial charge in [-0.15, -0.1) is 0 Å². The topological polar surface area (TPSA) is 12.0 Å². The Labute approximate surface area is 109 Å². The van der Waals surface area contributed by atoms with Crippen molar-refractivity contribution in [1.29, 1.82) is 0 Å². The highest BCUT2D eigenvalue weighted by Crippen LogP contribution is 2.29. The lowest BCUT2D eigenvalue weighted by atomic mass is 9.78. The van der Waals surface area contributed by atoms with E-state index in [0.29, 0.717) is 0 Å². The standard InChI is InChI=1S/C16H33N/c1-11(2)15(12(3)4)10-17-16-13(5)8-7-9-14(16)6/h11-17H,7-10H2,1-6H3. The second-order valence-electron chi connectivity index (χ2n) is 6.97. The Kier molecular flexibility index (Phi) is 5.99. The summed E-state index contributed by atoms with van der Waals surface area (Å²) in [5.41, 5.74) is 0. The summed E-state index contributed by atoms with van der Waals surface area (Å²) in [4.78, 5) is 0. The normalized spacial score (nSPS) is 30.5. The molecule has 1 N–H and O–H groups in total. The Morgan fingerprint density at radius 3 is 1.82 bits per heavy atom. The van der Waals surface area contributed by atoms with Crippen LogP contribution >= 0.6 is 0 Å². The summed E-state index contributed by atoms with van der Waals surface area (Å²) >= 11 is 0. The van der Waals surface area contributed by atoms with Gasteiger partial charge in [-0.3, -0.25) is 0 Å². The molecule has 1 heteroatoms. The molecule has 1 fully saturated rings. The fourth-order valence-electron chi connectivity index (χ4n) is 3.60. The molecule has 0 radical (unpaired) electrons. The molecule has 1 aliphatic rings. The monoisotopic (exact) mass is 239 g/mol. The molecule has 1 aliphatic carbocycles. The first-order chi connectivity index (χ1) is 7.93. The third-order valence-corrected chi connectivity index (χ3v) is 4.85. The van der Waals surface area contributed by atoms with E-state index in [4.69, 9.17) is 0 Å². The molecule has 1 nitrogen and oxygen atoms in total. The molecule has 0 aromatic heterocycles. The Hall–Kier alpha value is -0.0400. The highest BCUT2D eigenvalue weighted by Gasteiger charge is 2.28. The zero-order valence-corrected chi connectivity index (χ0v) is 12.8. The minimum atomic E-state index is 0.753. The summed E-state index contributed by atoms with van der Waals surface area (Å²) in [6, 6.07) is 0.753. The van der Waals surface area contributed by atoms with E-state index in [2.05, 4.69) is 46.9 Å². The third kappa shape index (κ3) is 4.28. The van der Waals surface area contributed by atoms with Gasteiger partial charge in [0.05, 0.1) is 0 Å². The fraction of sp³-hybridized carbons (Fsp3) is 1.00. The zero-order chi connectivity index (χ0) is 13.0. The van der Waals surface area contributed by atoms with Crippen LogP contribution in [0, 0.1) is 29.6 Å². The zero-order valence-electron chi connectivity index (χ0n) is 12.8. The summed E-state index contributed by atoms with van der Waals surface area (Å²) in [5.74, 6) is 4.11. The first-order valence-electron chi connectivity index (χ1n) is 7.66. The molecule has 0 amide bonds. The molecule has 102 valence electrons. The molecule has 0 saturated heterocycles. The van der Waals surface area contributed by atoms with Crippen LogP contribution in [-0.2, 0) is 0 Å². The molecule has 2 unspecified atom stereocenters. The molecule has 0 spiro atoms. The number of hydrogen-bond acceptors (Lipinski definition) is 1. The Balaban J connectivity index is 2.46. The summed E-state index contributed by atoms with van der Waals surface area (Å²) in [7, 11) is 0. The second-order valence-corrected chi connectivity index (χ2v) is 6.97. The van der Waals surface area contributed by atoms with Crippen LogP contribution in [0.5, 0.6) is 0 Å². The van der Waals surface area contributed by atoms with Gasteiger partial charge in [0.15, 0.2) is 0 Å². The van der Waals surface area contributed by atoms with Gasteiger partial charge in [-0.1, -0.05) is 48.0 Å². The number of rotatable bonds is 5. The largest absolute Gasteiger partial charge is 0.313 e. The molecule has 1 rings (SSSR count). The number of hydrogen-bond donors (Lipinski definition) is 1. The van der Waals surface area contributed by atoms with E-state index in [1.54, 1.807) is 0 Å². The van der Waals surface area contributed by atoms with Gasteiger partial charge in [-0.2, -0.15) is 0 Å². The fourth-order valence-corrected chi connectivity index (χ4v) is 3.60. The minimum Gasteiger partial charge on any atom is -0.313 e. The van der Waals surface area contributed by atoms with E-state index in [1.807, 2.05) is 0 Å². The van der Waals surface area contributed by atoms with Crippen LogP contribution in [0.25, 0.3) is 0 Å². The van der Waals surface area contributed by atoms with Crippen molar-refractivity contribution in [2.24, 2.45) is 29.6 Å². The van der Waals surface area contributed by atoms with Crippen molar-refractivity contribution in [3.63, 3.8) is 0 Å². The van der Waals surface area contributed by atoms with Gasteiger partial charge in [0, 0.05) is 6.04 Å². The maximum Gasteiger partial charge on any atom is 0.0118 e. The van der Waals surface area contributed by atoms with Crippen molar-refractivity contribution < 1.29 is 0 Å². The van der Waals surface area contributed by atoms with E-state index in [0.717, 1.165) is 35.6 Å². The Morgan fingerprint density at radius 2 is 1.41 bits per heavy atom. The van der Waals surface area contributed by atoms with E-state index in [1.165, 1.54) is 25.8 Å². The summed E-state index contributed by atoms with van der Waals surface area (Å²) in [5, 5.41) is 3.88.